The van der Waals surface area contributed by atoms with Gasteiger partial charge in [0, 0.05) is 0 Å². The highest BCUT2D eigenvalue weighted by molar-refractivity contribution is 6.33. The molecule has 5 aromatic rings. The maximum atomic E-state index is 13.4. The molecular weight excluding hydrogens is 602 g/mol. The van der Waals surface area contributed by atoms with Crippen LogP contribution in [0.15, 0.2) is 97.6 Å². The van der Waals surface area contributed by atoms with Gasteiger partial charge in [-0.05, 0) is 36.4 Å². The van der Waals surface area contributed by atoms with Crippen LogP contribution in [0.25, 0.3) is 11.2 Å². The van der Waals surface area contributed by atoms with Gasteiger partial charge in [0.2, 0.25) is 0 Å². The Labute approximate surface area is 260 Å². The molecule has 0 aliphatic carbocycles. The molecule has 7 rings (SSSR count). The van der Waals surface area contributed by atoms with Crippen LogP contribution in [-0.4, -0.2) is 73.0 Å². The second kappa shape index (κ2) is 11.6. The van der Waals surface area contributed by atoms with Gasteiger partial charge in [0.25, 0.3) is 11.8 Å². The van der Waals surface area contributed by atoms with Gasteiger partial charge in [-0.15, -0.1) is 0 Å². The van der Waals surface area contributed by atoms with E-state index in [0.29, 0.717) is 0 Å². The molecule has 2 aliphatic heterocycles. The van der Waals surface area contributed by atoms with Gasteiger partial charge in [0.05, 0.1) is 35.1 Å². The van der Waals surface area contributed by atoms with Crippen LogP contribution in [0, 0.1) is 0 Å². The number of aromatic nitrogens is 4. The first kappa shape index (κ1) is 28.3. The van der Waals surface area contributed by atoms with Crippen LogP contribution < -0.4 is 0 Å². The number of carbonyl (C=O) groups is 4. The van der Waals surface area contributed by atoms with E-state index in [1.54, 1.807) is 84.9 Å². The number of amides is 2. The molecule has 0 radical (unpaired) electrons. The molecule has 0 saturated carbocycles. The van der Waals surface area contributed by atoms with Crippen LogP contribution in [0.1, 0.15) is 47.7 Å². The Morgan fingerprint density at radius 1 is 0.756 bits per heavy atom. The quantitative estimate of drug-likeness (QED) is 0.147. The Kier molecular flexibility index (Phi) is 7.28. The zero-order valence-electron chi connectivity index (χ0n) is 23.2. The van der Waals surface area contributed by atoms with Gasteiger partial charge >= 0.3 is 11.9 Å². The van der Waals surface area contributed by atoms with E-state index in [4.69, 9.17) is 25.8 Å². The van der Waals surface area contributed by atoms with Crippen LogP contribution >= 0.6 is 11.6 Å². The van der Waals surface area contributed by atoms with E-state index >= 15 is 0 Å². The summed E-state index contributed by atoms with van der Waals surface area (Å²) in [6.45, 7) is -0.308. The molecule has 0 unspecified atom stereocenters. The molecule has 0 bridgehead atoms. The Morgan fingerprint density at radius 2 is 1.31 bits per heavy atom. The first-order valence-electron chi connectivity index (χ1n) is 13.9. The third kappa shape index (κ3) is 5.09. The number of imide groups is 1. The molecule has 2 aromatic heterocycles. The Hall–Kier alpha value is -5.46. The molecule has 13 heteroatoms. The molecule has 4 heterocycles. The van der Waals surface area contributed by atoms with E-state index in [2.05, 4.69) is 15.0 Å². The van der Waals surface area contributed by atoms with E-state index in [1.807, 2.05) is 0 Å². The lowest BCUT2D eigenvalue weighted by molar-refractivity contribution is -0.0502. The molecule has 2 aliphatic rings. The maximum absolute atomic E-state index is 13.4. The molecule has 4 atom stereocenters. The lowest BCUT2D eigenvalue weighted by Crippen LogP contribution is -2.45. The van der Waals surface area contributed by atoms with Crippen LogP contribution in [0.4, 0.5) is 0 Å². The fourth-order valence-electron chi connectivity index (χ4n) is 5.47. The number of benzene rings is 3. The second-order valence-corrected chi connectivity index (χ2v) is 10.7. The summed E-state index contributed by atoms with van der Waals surface area (Å²) >= 11 is 6.26. The van der Waals surface area contributed by atoms with Gasteiger partial charge in [-0.1, -0.05) is 60.1 Å². The van der Waals surface area contributed by atoms with Crippen LogP contribution in [0.5, 0.6) is 0 Å². The summed E-state index contributed by atoms with van der Waals surface area (Å²) in [6, 6.07) is 23.0. The first-order chi connectivity index (χ1) is 21.9. The third-order valence-corrected chi connectivity index (χ3v) is 7.90. The summed E-state index contributed by atoms with van der Waals surface area (Å²) < 4.78 is 19.9. The fourth-order valence-corrected chi connectivity index (χ4v) is 5.65. The zero-order valence-corrected chi connectivity index (χ0v) is 24.0. The summed E-state index contributed by atoms with van der Waals surface area (Å²) in [7, 11) is 0. The predicted molar refractivity (Wildman–Crippen MR) is 157 cm³/mol. The van der Waals surface area contributed by atoms with E-state index < -0.39 is 48.3 Å². The fraction of sp³-hybridized carbons (Fsp3) is 0.156. The second-order valence-electron chi connectivity index (χ2n) is 10.3. The van der Waals surface area contributed by atoms with Crippen molar-refractivity contribution < 1.29 is 33.4 Å². The molecule has 45 heavy (non-hydrogen) atoms. The van der Waals surface area contributed by atoms with E-state index in [0.717, 1.165) is 4.90 Å². The standard InChI is InChI=1S/C32H22ClN5O7/c33-26-23-27(35-16-34-26)38(17-36-23)30-25(45-32(42)19-11-5-2-6-12-19)24(44-31(41)18-9-3-1-4-10-18)22(43-30)15-37-28(39)20-13-7-8-14-21(20)29(37)40/h1-14,16-17,22,24-25,30H,15H2/t22-,24-,25-,30-/m1/s1. The van der Waals surface area contributed by atoms with Crippen molar-refractivity contribution in [1.29, 1.82) is 0 Å². The minimum Gasteiger partial charge on any atom is -0.452 e. The number of hydrogen-bond donors (Lipinski definition) is 0. The monoisotopic (exact) mass is 623 g/mol. The minimum atomic E-state index is -1.28. The van der Waals surface area contributed by atoms with Gasteiger partial charge in [-0.25, -0.2) is 24.5 Å². The Bertz CT molecular complexity index is 1920. The molecule has 2 amide bonds. The zero-order chi connectivity index (χ0) is 31.1. The van der Waals surface area contributed by atoms with Crippen LogP contribution in [-0.2, 0) is 14.2 Å². The molecule has 1 saturated heterocycles. The number of hydrogen-bond acceptors (Lipinski definition) is 10. The average molecular weight is 624 g/mol. The lowest BCUT2D eigenvalue weighted by atomic mass is 10.1. The highest BCUT2D eigenvalue weighted by Gasteiger charge is 2.53. The highest BCUT2D eigenvalue weighted by Crippen LogP contribution is 2.38. The summed E-state index contributed by atoms with van der Waals surface area (Å²) in [5.41, 5.74) is 1.49. The van der Waals surface area contributed by atoms with Crippen molar-refractivity contribution in [2.75, 3.05) is 6.54 Å². The number of carbonyl (C=O) groups excluding carboxylic acids is 4. The molecule has 3 aromatic carbocycles. The largest absolute Gasteiger partial charge is 0.452 e. The maximum Gasteiger partial charge on any atom is 0.338 e. The predicted octanol–water partition coefficient (Wildman–Crippen LogP) is 4.12. The number of halogens is 1. The number of rotatable bonds is 7. The van der Waals surface area contributed by atoms with Crippen LogP contribution in [0.2, 0.25) is 5.15 Å². The Balaban J connectivity index is 1.30. The van der Waals surface area contributed by atoms with Crippen molar-refractivity contribution in [2.24, 2.45) is 0 Å². The summed E-state index contributed by atoms with van der Waals surface area (Å²) in [5.74, 6) is -2.49. The molecule has 0 spiro atoms. The molecule has 1 fully saturated rings. The molecule has 12 nitrogen and oxygen atoms in total. The number of esters is 2. The normalized spacial score (nSPS) is 20.8. The average Bonchev–Trinajstić information content (AvgIpc) is 3.72. The van der Waals surface area contributed by atoms with E-state index in [9.17, 15) is 19.2 Å². The first-order valence-corrected chi connectivity index (χ1v) is 14.2. The molecule has 0 N–H and O–H groups in total. The van der Waals surface area contributed by atoms with Crippen molar-refractivity contribution in [3.63, 3.8) is 0 Å². The van der Waals surface area contributed by atoms with Crippen molar-refractivity contribution in [3.8, 4) is 0 Å². The number of imidazole rings is 1. The topological polar surface area (TPSA) is 143 Å². The van der Waals surface area contributed by atoms with Crippen molar-refractivity contribution in [1.82, 2.24) is 24.4 Å². The lowest BCUT2D eigenvalue weighted by Gasteiger charge is -2.26. The van der Waals surface area contributed by atoms with Gasteiger partial charge in [0.15, 0.2) is 29.2 Å². The van der Waals surface area contributed by atoms with Crippen molar-refractivity contribution >= 4 is 46.5 Å². The van der Waals surface area contributed by atoms with Crippen molar-refractivity contribution in [3.05, 3.63) is 125 Å². The van der Waals surface area contributed by atoms with Gasteiger partial charge in [0.1, 0.15) is 17.9 Å². The molecular formula is C32H22ClN5O7. The third-order valence-electron chi connectivity index (χ3n) is 7.62. The van der Waals surface area contributed by atoms with E-state index in [-0.39, 0.29) is 45.1 Å². The van der Waals surface area contributed by atoms with E-state index in [1.165, 1.54) is 17.2 Å². The highest BCUT2D eigenvalue weighted by atomic mass is 35.5. The van der Waals surface area contributed by atoms with Gasteiger partial charge < -0.3 is 14.2 Å². The summed E-state index contributed by atoms with van der Waals surface area (Å²) in [5, 5.41) is 0.0872. The summed E-state index contributed by atoms with van der Waals surface area (Å²) in [4.78, 5) is 67.1. The van der Waals surface area contributed by atoms with Gasteiger partial charge in [-0.2, -0.15) is 0 Å². The van der Waals surface area contributed by atoms with Gasteiger partial charge in [-0.3, -0.25) is 19.1 Å². The number of nitrogens with zero attached hydrogens (tertiary/aromatic N) is 5. The number of ether oxygens (including phenoxy) is 3. The SMILES string of the molecule is O=C(O[C@@H]1[C@H](OC(=O)c2ccccc2)[C@@H](CN2C(=O)c3ccccc3C2=O)O[C@H]1n1cnc2c(Cl)ncnc21)c1ccccc1. The van der Waals surface area contributed by atoms with Crippen molar-refractivity contribution in [2.45, 2.75) is 24.5 Å². The summed E-state index contributed by atoms with van der Waals surface area (Å²) in [6.07, 6.45) is -2.23. The molecule has 224 valence electrons. The number of fused-ring (bicyclic) bond motifs is 2. The van der Waals surface area contributed by atoms with Crippen LogP contribution in [0.3, 0.4) is 0 Å². The smallest absolute Gasteiger partial charge is 0.338 e. The Morgan fingerprint density at radius 3 is 1.91 bits per heavy atom. The minimum absolute atomic E-state index is 0.0872.